The number of rotatable bonds is 2. The average Bonchev–Trinajstić information content (AvgIpc) is 2.68. The van der Waals surface area contributed by atoms with Crippen molar-refractivity contribution in [2.45, 2.75) is 32.1 Å². The first-order valence-electron chi connectivity index (χ1n) is 3.82. The summed E-state index contributed by atoms with van der Waals surface area (Å²) in [6.07, 6.45) is 12.2. The molecule has 2 saturated carbocycles. The van der Waals surface area contributed by atoms with Gasteiger partial charge in [-0.1, -0.05) is 18.8 Å². The Labute approximate surface area is 56.6 Å². The summed E-state index contributed by atoms with van der Waals surface area (Å²) in [6, 6.07) is 0. The summed E-state index contributed by atoms with van der Waals surface area (Å²) in [6.45, 7) is 0. The lowest BCUT2D eigenvalue weighted by atomic mass is 10.0. The first-order chi connectivity index (χ1) is 4.35. The van der Waals surface area contributed by atoms with Gasteiger partial charge in [0.2, 0.25) is 0 Å². The summed E-state index contributed by atoms with van der Waals surface area (Å²) < 4.78 is 0. The Kier molecular flexibility index (Phi) is 0.913. The molecule has 2 rings (SSSR count). The van der Waals surface area contributed by atoms with E-state index in [0.29, 0.717) is 5.41 Å². The lowest BCUT2D eigenvalue weighted by molar-refractivity contribution is 0.554. The van der Waals surface area contributed by atoms with E-state index in [-0.39, 0.29) is 0 Å². The van der Waals surface area contributed by atoms with Crippen molar-refractivity contribution in [2.75, 3.05) is 0 Å². The van der Waals surface area contributed by atoms with E-state index in [1.54, 1.807) is 0 Å². The summed E-state index contributed by atoms with van der Waals surface area (Å²) in [5.41, 5.74) is 0.404. The Morgan fingerprint density at radius 3 is 2.44 bits per heavy atom. The fourth-order valence-corrected chi connectivity index (χ4v) is 1.43. The molecule has 0 aromatic carbocycles. The minimum atomic E-state index is 0.404. The largest absolute Gasteiger partial charge is 0.120 e. The standard InChI is InChI=1S/C9H12/c1-2-9(5-6-9)7-8-3-4-8/h1,8H,3-7H2. The molecule has 0 heterocycles. The zero-order chi connectivity index (χ0) is 6.32. The molecule has 9 heavy (non-hydrogen) atoms. The summed E-state index contributed by atoms with van der Waals surface area (Å²) in [4.78, 5) is 0. The number of hydrogen-bond donors (Lipinski definition) is 0. The van der Waals surface area contributed by atoms with Crippen LogP contribution in [0, 0.1) is 23.7 Å². The first-order valence-corrected chi connectivity index (χ1v) is 3.82. The summed E-state index contributed by atoms with van der Waals surface area (Å²) >= 11 is 0. The molecule has 0 atom stereocenters. The van der Waals surface area contributed by atoms with Gasteiger partial charge in [0.25, 0.3) is 0 Å². The molecule has 2 aliphatic rings. The summed E-state index contributed by atoms with van der Waals surface area (Å²) in [5.74, 6) is 3.94. The lowest BCUT2D eigenvalue weighted by Gasteiger charge is -2.02. The molecule has 0 radical (unpaired) electrons. The van der Waals surface area contributed by atoms with Gasteiger partial charge < -0.3 is 0 Å². The van der Waals surface area contributed by atoms with Gasteiger partial charge in [-0.15, -0.1) is 6.42 Å². The van der Waals surface area contributed by atoms with Gasteiger partial charge in [-0.3, -0.25) is 0 Å². The third-order valence-electron chi connectivity index (χ3n) is 2.54. The molecule has 0 spiro atoms. The molecule has 0 heteroatoms. The van der Waals surface area contributed by atoms with Crippen LogP contribution >= 0.6 is 0 Å². The van der Waals surface area contributed by atoms with E-state index < -0.39 is 0 Å². The van der Waals surface area contributed by atoms with Crippen LogP contribution in [0.3, 0.4) is 0 Å². The molecular formula is C9H12. The highest BCUT2D eigenvalue weighted by atomic mass is 14.5. The van der Waals surface area contributed by atoms with Gasteiger partial charge in [-0.25, -0.2) is 0 Å². The summed E-state index contributed by atoms with van der Waals surface area (Å²) in [7, 11) is 0. The van der Waals surface area contributed by atoms with E-state index >= 15 is 0 Å². The van der Waals surface area contributed by atoms with E-state index in [1.165, 1.54) is 32.1 Å². The molecule has 0 aromatic rings. The van der Waals surface area contributed by atoms with E-state index in [9.17, 15) is 0 Å². The van der Waals surface area contributed by atoms with E-state index in [0.717, 1.165) is 5.92 Å². The molecule has 0 aliphatic heterocycles. The normalized spacial score (nSPS) is 29.2. The predicted molar refractivity (Wildman–Crippen MR) is 37.8 cm³/mol. The maximum absolute atomic E-state index is 5.39. The monoisotopic (exact) mass is 120 g/mol. The zero-order valence-electron chi connectivity index (χ0n) is 5.69. The second-order valence-corrected chi connectivity index (χ2v) is 3.57. The molecule has 2 fully saturated rings. The third-order valence-corrected chi connectivity index (χ3v) is 2.54. The van der Waals surface area contributed by atoms with Crippen LogP contribution in [0.15, 0.2) is 0 Å². The van der Waals surface area contributed by atoms with Gasteiger partial charge in [0.15, 0.2) is 0 Å². The topological polar surface area (TPSA) is 0 Å². The van der Waals surface area contributed by atoms with Crippen LogP contribution in [-0.4, -0.2) is 0 Å². The van der Waals surface area contributed by atoms with Gasteiger partial charge in [-0.05, 0) is 25.2 Å². The Balaban J connectivity index is 1.90. The number of terminal acetylenes is 1. The molecule has 0 nitrogen and oxygen atoms in total. The molecular weight excluding hydrogens is 108 g/mol. The van der Waals surface area contributed by atoms with Crippen LogP contribution in [0.4, 0.5) is 0 Å². The maximum atomic E-state index is 5.39. The minimum absolute atomic E-state index is 0.404. The van der Waals surface area contributed by atoms with E-state index in [2.05, 4.69) is 5.92 Å². The highest BCUT2D eigenvalue weighted by Gasteiger charge is 2.44. The van der Waals surface area contributed by atoms with Crippen molar-refractivity contribution in [3.8, 4) is 12.3 Å². The Morgan fingerprint density at radius 1 is 1.44 bits per heavy atom. The highest BCUT2D eigenvalue weighted by Crippen LogP contribution is 2.54. The van der Waals surface area contributed by atoms with Crippen LogP contribution < -0.4 is 0 Å². The van der Waals surface area contributed by atoms with Gasteiger partial charge in [-0.2, -0.15) is 0 Å². The van der Waals surface area contributed by atoms with Crippen LogP contribution in [0.25, 0.3) is 0 Å². The van der Waals surface area contributed by atoms with Gasteiger partial charge in [0, 0.05) is 5.41 Å². The lowest BCUT2D eigenvalue weighted by Crippen LogP contribution is -1.95. The van der Waals surface area contributed by atoms with Gasteiger partial charge in [0.1, 0.15) is 0 Å². The second kappa shape index (κ2) is 1.53. The van der Waals surface area contributed by atoms with Crippen LogP contribution in [0.2, 0.25) is 0 Å². The van der Waals surface area contributed by atoms with Crippen LogP contribution in [0.1, 0.15) is 32.1 Å². The quantitative estimate of drug-likeness (QED) is 0.490. The molecule has 0 aromatic heterocycles. The van der Waals surface area contributed by atoms with Crippen molar-refractivity contribution in [2.24, 2.45) is 11.3 Å². The molecule has 48 valence electrons. The smallest absolute Gasteiger partial charge is 0.0315 e. The average molecular weight is 120 g/mol. The minimum Gasteiger partial charge on any atom is -0.120 e. The van der Waals surface area contributed by atoms with Crippen molar-refractivity contribution in [1.29, 1.82) is 0 Å². The second-order valence-electron chi connectivity index (χ2n) is 3.57. The highest BCUT2D eigenvalue weighted by molar-refractivity contribution is 5.16. The van der Waals surface area contributed by atoms with Gasteiger partial charge in [0.05, 0.1) is 0 Å². The fourth-order valence-electron chi connectivity index (χ4n) is 1.43. The van der Waals surface area contributed by atoms with Crippen LogP contribution in [0.5, 0.6) is 0 Å². The van der Waals surface area contributed by atoms with Crippen molar-refractivity contribution in [3.05, 3.63) is 0 Å². The van der Waals surface area contributed by atoms with E-state index in [1.807, 2.05) is 0 Å². The predicted octanol–water partition coefficient (Wildman–Crippen LogP) is 2.20. The molecule has 2 aliphatic carbocycles. The van der Waals surface area contributed by atoms with Crippen molar-refractivity contribution in [1.82, 2.24) is 0 Å². The Morgan fingerprint density at radius 2 is 2.11 bits per heavy atom. The fraction of sp³-hybridized carbons (Fsp3) is 0.778. The zero-order valence-corrected chi connectivity index (χ0v) is 5.69. The van der Waals surface area contributed by atoms with Crippen molar-refractivity contribution < 1.29 is 0 Å². The van der Waals surface area contributed by atoms with Crippen molar-refractivity contribution >= 4 is 0 Å². The molecule has 0 bridgehead atoms. The maximum Gasteiger partial charge on any atom is 0.0315 e. The van der Waals surface area contributed by atoms with Crippen LogP contribution in [-0.2, 0) is 0 Å². The molecule has 0 saturated heterocycles. The Hall–Kier alpha value is -0.440. The molecule has 0 amide bonds. The van der Waals surface area contributed by atoms with E-state index in [4.69, 9.17) is 6.42 Å². The SMILES string of the molecule is C#CC1(CC2CC2)CC1. The first kappa shape index (κ1) is 5.35. The summed E-state index contributed by atoms with van der Waals surface area (Å²) in [5, 5.41) is 0. The van der Waals surface area contributed by atoms with Crippen molar-refractivity contribution in [3.63, 3.8) is 0 Å². The Bertz CT molecular complexity index is 153. The van der Waals surface area contributed by atoms with Gasteiger partial charge >= 0.3 is 0 Å². The number of hydrogen-bond acceptors (Lipinski definition) is 0. The molecule has 0 unspecified atom stereocenters. The molecule has 0 N–H and O–H groups in total. The third kappa shape index (κ3) is 0.965.